The van der Waals surface area contributed by atoms with Gasteiger partial charge in [0, 0.05) is 0 Å². The van der Waals surface area contributed by atoms with E-state index in [9.17, 15) is 14.4 Å². The maximum atomic E-state index is 13.4. The SMILES string of the molecule is C=Cc1ccc(Cn2c(=O)n(Cc3ccc(C=C)cc3)c(=O)n(Cc3ccc(C=C)cc3)c2=O)cc1. The van der Waals surface area contributed by atoms with E-state index in [0.29, 0.717) is 0 Å². The fraction of sp³-hybridized carbons (Fsp3) is 0.100. The summed E-state index contributed by atoms with van der Waals surface area (Å²) in [5.74, 6) is 0. The van der Waals surface area contributed by atoms with E-state index in [4.69, 9.17) is 0 Å². The summed E-state index contributed by atoms with van der Waals surface area (Å²) in [6.07, 6.45) is 5.16. The van der Waals surface area contributed by atoms with Crippen molar-refractivity contribution in [2.24, 2.45) is 0 Å². The van der Waals surface area contributed by atoms with E-state index < -0.39 is 17.1 Å². The first-order valence-corrected chi connectivity index (χ1v) is 11.5. The van der Waals surface area contributed by atoms with Gasteiger partial charge in [0.15, 0.2) is 0 Å². The lowest BCUT2D eigenvalue weighted by Crippen LogP contribution is -2.54. The van der Waals surface area contributed by atoms with Crippen LogP contribution in [0.3, 0.4) is 0 Å². The highest BCUT2D eigenvalue weighted by molar-refractivity contribution is 5.48. The molecule has 1 aromatic heterocycles. The molecule has 3 aromatic carbocycles. The van der Waals surface area contributed by atoms with Crippen molar-refractivity contribution in [3.05, 3.63) is 157 Å². The van der Waals surface area contributed by atoms with Crippen molar-refractivity contribution in [3.8, 4) is 0 Å². The van der Waals surface area contributed by atoms with Crippen LogP contribution in [0.4, 0.5) is 0 Å². The van der Waals surface area contributed by atoms with Gasteiger partial charge in [-0.2, -0.15) is 0 Å². The van der Waals surface area contributed by atoms with Crippen LogP contribution in [0, 0.1) is 0 Å². The first-order valence-electron chi connectivity index (χ1n) is 11.5. The molecule has 6 nitrogen and oxygen atoms in total. The Hall–Kier alpha value is -4.71. The third-order valence-electron chi connectivity index (χ3n) is 6.05. The Kier molecular flexibility index (Phi) is 7.25. The number of nitrogens with zero attached hydrogens (tertiary/aromatic N) is 3. The molecule has 0 aliphatic carbocycles. The second-order valence-corrected chi connectivity index (χ2v) is 8.44. The number of rotatable bonds is 9. The Balaban J connectivity index is 1.82. The van der Waals surface area contributed by atoms with Crippen molar-refractivity contribution in [3.63, 3.8) is 0 Å². The van der Waals surface area contributed by atoms with Crippen LogP contribution in [0.5, 0.6) is 0 Å². The molecule has 0 saturated carbocycles. The average molecular weight is 478 g/mol. The highest BCUT2D eigenvalue weighted by Crippen LogP contribution is 2.09. The zero-order valence-electron chi connectivity index (χ0n) is 20.0. The van der Waals surface area contributed by atoms with Crippen molar-refractivity contribution in [2.45, 2.75) is 19.6 Å². The Morgan fingerprint density at radius 2 is 0.667 bits per heavy atom. The summed E-state index contributed by atoms with van der Waals surface area (Å²) in [7, 11) is 0. The van der Waals surface area contributed by atoms with Crippen molar-refractivity contribution in [2.75, 3.05) is 0 Å². The predicted octanol–water partition coefficient (Wildman–Crippen LogP) is 4.25. The summed E-state index contributed by atoms with van der Waals surface area (Å²) in [6.45, 7) is 11.4. The quantitative estimate of drug-likeness (QED) is 0.362. The molecule has 4 aromatic rings. The van der Waals surface area contributed by atoms with Gasteiger partial charge in [-0.15, -0.1) is 0 Å². The third kappa shape index (κ3) is 5.18. The van der Waals surface area contributed by atoms with E-state index in [0.717, 1.165) is 47.1 Å². The molecular weight excluding hydrogens is 450 g/mol. The van der Waals surface area contributed by atoms with Gasteiger partial charge in [-0.05, 0) is 33.4 Å². The lowest BCUT2D eigenvalue weighted by molar-refractivity contribution is 0.492. The van der Waals surface area contributed by atoms with Crippen molar-refractivity contribution in [1.82, 2.24) is 13.7 Å². The van der Waals surface area contributed by atoms with Crippen molar-refractivity contribution < 1.29 is 0 Å². The van der Waals surface area contributed by atoms with Crippen LogP contribution in [0.25, 0.3) is 18.2 Å². The van der Waals surface area contributed by atoms with E-state index in [1.807, 2.05) is 72.8 Å². The predicted molar refractivity (Wildman–Crippen MR) is 146 cm³/mol. The van der Waals surface area contributed by atoms with Crippen molar-refractivity contribution in [1.29, 1.82) is 0 Å². The summed E-state index contributed by atoms with van der Waals surface area (Å²) in [5.41, 5.74) is 3.14. The maximum Gasteiger partial charge on any atom is 0.336 e. The minimum Gasteiger partial charge on any atom is -0.247 e. The smallest absolute Gasteiger partial charge is 0.247 e. The molecule has 0 spiro atoms. The van der Waals surface area contributed by atoms with Crippen LogP contribution in [-0.2, 0) is 19.6 Å². The molecule has 0 amide bonds. The Morgan fingerprint density at radius 3 is 0.861 bits per heavy atom. The summed E-state index contributed by atoms with van der Waals surface area (Å²) in [4.78, 5) is 40.3. The lowest BCUT2D eigenvalue weighted by atomic mass is 10.1. The Labute approximate surface area is 209 Å². The summed E-state index contributed by atoms with van der Waals surface area (Å²) >= 11 is 0. The second kappa shape index (κ2) is 10.7. The van der Waals surface area contributed by atoms with Gasteiger partial charge < -0.3 is 0 Å². The molecule has 1 heterocycles. The second-order valence-electron chi connectivity index (χ2n) is 8.44. The third-order valence-corrected chi connectivity index (χ3v) is 6.05. The monoisotopic (exact) mass is 477 g/mol. The van der Waals surface area contributed by atoms with Gasteiger partial charge in [-0.25, -0.2) is 28.1 Å². The summed E-state index contributed by atoms with van der Waals surface area (Å²) in [5, 5.41) is 0. The van der Waals surface area contributed by atoms with Gasteiger partial charge in [0.1, 0.15) is 0 Å². The molecule has 4 rings (SSSR count). The molecular formula is C30H27N3O3. The summed E-state index contributed by atoms with van der Waals surface area (Å²) in [6, 6.07) is 22.2. The van der Waals surface area contributed by atoms with Crippen LogP contribution in [0.15, 0.2) is 107 Å². The molecule has 0 aliphatic rings. The minimum absolute atomic E-state index is 0.0418. The normalized spacial score (nSPS) is 10.7. The summed E-state index contributed by atoms with van der Waals surface area (Å²) < 4.78 is 3.33. The van der Waals surface area contributed by atoms with Gasteiger partial charge in [0.2, 0.25) is 0 Å². The first-order chi connectivity index (χ1) is 17.4. The minimum atomic E-state index is -0.649. The fourth-order valence-corrected chi connectivity index (χ4v) is 3.91. The molecule has 0 radical (unpaired) electrons. The molecule has 0 atom stereocenters. The van der Waals surface area contributed by atoms with Crippen LogP contribution in [-0.4, -0.2) is 13.7 Å². The van der Waals surface area contributed by atoms with Crippen LogP contribution in [0.1, 0.15) is 33.4 Å². The number of benzene rings is 3. The standard InChI is InChI=1S/C30H27N3O3/c1-4-22-7-13-25(14-8-22)19-31-28(34)32(20-26-15-9-23(5-2)10-16-26)30(36)33(29(31)35)21-27-17-11-24(6-3)12-18-27/h4-18H,1-3,19-21H2. The topological polar surface area (TPSA) is 66.0 Å². The van der Waals surface area contributed by atoms with Gasteiger partial charge in [0.05, 0.1) is 19.6 Å². The molecule has 6 heteroatoms. The van der Waals surface area contributed by atoms with Gasteiger partial charge in [-0.1, -0.05) is 111 Å². The van der Waals surface area contributed by atoms with E-state index >= 15 is 0 Å². The Bertz CT molecular complexity index is 1360. The highest BCUT2D eigenvalue weighted by atomic mass is 16.2. The Morgan fingerprint density at radius 1 is 0.444 bits per heavy atom. The van der Waals surface area contributed by atoms with E-state index in [1.54, 1.807) is 18.2 Å². The van der Waals surface area contributed by atoms with Crippen LogP contribution < -0.4 is 17.1 Å². The van der Waals surface area contributed by atoms with Gasteiger partial charge in [0.25, 0.3) is 0 Å². The number of hydrogen-bond acceptors (Lipinski definition) is 3. The maximum absolute atomic E-state index is 13.4. The molecule has 36 heavy (non-hydrogen) atoms. The zero-order chi connectivity index (χ0) is 25.7. The first kappa shape index (κ1) is 24.4. The molecule has 0 aliphatic heterocycles. The molecule has 0 N–H and O–H groups in total. The van der Waals surface area contributed by atoms with Crippen LogP contribution >= 0.6 is 0 Å². The fourth-order valence-electron chi connectivity index (χ4n) is 3.91. The number of hydrogen-bond donors (Lipinski definition) is 0. The number of aromatic nitrogens is 3. The molecule has 0 unspecified atom stereocenters. The van der Waals surface area contributed by atoms with E-state index in [2.05, 4.69) is 19.7 Å². The molecule has 0 saturated heterocycles. The van der Waals surface area contributed by atoms with Gasteiger partial charge >= 0.3 is 17.1 Å². The van der Waals surface area contributed by atoms with Crippen molar-refractivity contribution >= 4 is 18.2 Å². The average Bonchev–Trinajstić information content (AvgIpc) is 2.92. The highest BCUT2D eigenvalue weighted by Gasteiger charge is 2.17. The van der Waals surface area contributed by atoms with E-state index in [-0.39, 0.29) is 19.6 Å². The lowest BCUT2D eigenvalue weighted by Gasteiger charge is -2.15. The van der Waals surface area contributed by atoms with Gasteiger partial charge in [-0.3, -0.25) is 0 Å². The van der Waals surface area contributed by atoms with Crippen LogP contribution in [0.2, 0.25) is 0 Å². The molecule has 0 bridgehead atoms. The zero-order valence-corrected chi connectivity index (χ0v) is 20.0. The largest absolute Gasteiger partial charge is 0.336 e. The van der Waals surface area contributed by atoms with E-state index in [1.165, 1.54) is 0 Å². The molecule has 0 fully saturated rings. The molecule has 180 valence electrons.